The number of nitriles is 1. The number of hydrogen-bond acceptors (Lipinski definition) is 3. The van der Waals surface area contributed by atoms with Crippen LogP contribution in [0.15, 0.2) is 18.2 Å². The summed E-state index contributed by atoms with van der Waals surface area (Å²) in [5, 5.41) is 8.86. The molecule has 0 aromatic heterocycles. The molecule has 3 nitrogen and oxygen atoms in total. The second-order valence-electron chi connectivity index (χ2n) is 4.83. The van der Waals surface area contributed by atoms with Crippen molar-refractivity contribution in [1.29, 1.82) is 5.26 Å². The third-order valence-corrected chi connectivity index (χ3v) is 3.57. The van der Waals surface area contributed by atoms with Crippen molar-refractivity contribution in [3.05, 3.63) is 35.4 Å². The molecule has 1 atom stereocenters. The molecule has 1 unspecified atom stereocenters. The van der Waals surface area contributed by atoms with Crippen LogP contribution in [-0.4, -0.2) is 42.0 Å². The van der Waals surface area contributed by atoms with E-state index >= 15 is 0 Å². The first-order valence-corrected chi connectivity index (χ1v) is 6.40. The van der Waals surface area contributed by atoms with Gasteiger partial charge in [0, 0.05) is 38.3 Å². The zero-order chi connectivity index (χ0) is 13.8. The molecule has 0 saturated carbocycles. The molecule has 1 fully saturated rings. The number of benzene rings is 1. The number of nitrogens with zero attached hydrogens (tertiary/aromatic N) is 3. The molecule has 5 heteroatoms. The smallest absolute Gasteiger partial charge is 0.163 e. The fourth-order valence-corrected chi connectivity index (χ4v) is 2.30. The molecule has 2 rings (SSSR count). The molecule has 1 saturated heterocycles. The van der Waals surface area contributed by atoms with E-state index in [0.29, 0.717) is 12.1 Å². The molecule has 19 heavy (non-hydrogen) atoms. The van der Waals surface area contributed by atoms with Crippen LogP contribution in [0.4, 0.5) is 8.78 Å². The Morgan fingerprint density at radius 3 is 2.58 bits per heavy atom. The Labute approximate surface area is 112 Å². The summed E-state index contributed by atoms with van der Waals surface area (Å²) in [7, 11) is 0. The number of halogens is 2. The van der Waals surface area contributed by atoms with Gasteiger partial charge in [-0.1, -0.05) is 12.1 Å². The second kappa shape index (κ2) is 6.09. The first-order chi connectivity index (χ1) is 9.11. The molecule has 0 aliphatic carbocycles. The largest absolute Gasteiger partial charge is 0.296 e. The lowest BCUT2D eigenvalue weighted by atomic mass is 10.1. The summed E-state index contributed by atoms with van der Waals surface area (Å²) in [6, 6.07) is 6.40. The van der Waals surface area contributed by atoms with Crippen LogP contribution in [0.2, 0.25) is 0 Å². The Hall–Kier alpha value is -1.51. The van der Waals surface area contributed by atoms with Gasteiger partial charge < -0.3 is 0 Å². The first-order valence-electron chi connectivity index (χ1n) is 6.40. The van der Waals surface area contributed by atoms with Gasteiger partial charge in [-0.05, 0) is 13.0 Å². The predicted molar refractivity (Wildman–Crippen MR) is 68.3 cm³/mol. The van der Waals surface area contributed by atoms with Crippen LogP contribution in [-0.2, 0) is 6.54 Å². The fraction of sp³-hybridized carbons (Fsp3) is 0.500. The predicted octanol–water partition coefficient (Wildman–Crippen LogP) is 1.99. The van der Waals surface area contributed by atoms with Crippen LogP contribution in [0.3, 0.4) is 0 Å². The maximum atomic E-state index is 13.6. The van der Waals surface area contributed by atoms with E-state index in [2.05, 4.69) is 15.9 Å². The van der Waals surface area contributed by atoms with E-state index in [4.69, 9.17) is 5.26 Å². The SMILES string of the molecule is CC(C#N)N1CCN(Cc2cccc(F)c2F)CC1. The van der Waals surface area contributed by atoms with Crippen molar-refractivity contribution >= 4 is 0 Å². The van der Waals surface area contributed by atoms with Crippen molar-refractivity contribution in [2.24, 2.45) is 0 Å². The topological polar surface area (TPSA) is 30.3 Å². The number of hydrogen-bond donors (Lipinski definition) is 0. The molecule has 0 spiro atoms. The minimum absolute atomic E-state index is 0.0898. The van der Waals surface area contributed by atoms with Gasteiger partial charge in [-0.15, -0.1) is 0 Å². The molecule has 0 amide bonds. The molecule has 1 aromatic rings. The summed E-state index contributed by atoms with van der Waals surface area (Å²) >= 11 is 0. The first kappa shape index (κ1) is 13.9. The Morgan fingerprint density at radius 2 is 1.95 bits per heavy atom. The van der Waals surface area contributed by atoms with E-state index in [9.17, 15) is 8.78 Å². The molecule has 1 aliphatic heterocycles. The molecular weight excluding hydrogens is 248 g/mol. The van der Waals surface area contributed by atoms with Crippen LogP contribution >= 0.6 is 0 Å². The zero-order valence-electron chi connectivity index (χ0n) is 10.9. The van der Waals surface area contributed by atoms with E-state index in [0.717, 1.165) is 32.2 Å². The third-order valence-electron chi connectivity index (χ3n) is 3.57. The lowest BCUT2D eigenvalue weighted by molar-refractivity contribution is 0.113. The van der Waals surface area contributed by atoms with Gasteiger partial charge in [0.25, 0.3) is 0 Å². The second-order valence-corrected chi connectivity index (χ2v) is 4.83. The van der Waals surface area contributed by atoms with Gasteiger partial charge in [0.15, 0.2) is 11.6 Å². The van der Waals surface area contributed by atoms with Crippen molar-refractivity contribution in [3.63, 3.8) is 0 Å². The summed E-state index contributed by atoms with van der Waals surface area (Å²) in [4.78, 5) is 4.18. The highest BCUT2D eigenvalue weighted by Gasteiger charge is 2.21. The van der Waals surface area contributed by atoms with Crippen molar-refractivity contribution in [2.45, 2.75) is 19.5 Å². The van der Waals surface area contributed by atoms with Crippen molar-refractivity contribution in [3.8, 4) is 6.07 Å². The van der Waals surface area contributed by atoms with Crippen LogP contribution in [0, 0.1) is 23.0 Å². The average molecular weight is 265 g/mol. The maximum Gasteiger partial charge on any atom is 0.163 e. The van der Waals surface area contributed by atoms with E-state index in [1.165, 1.54) is 6.07 Å². The van der Waals surface area contributed by atoms with E-state index < -0.39 is 11.6 Å². The van der Waals surface area contributed by atoms with Crippen molar-refractivity contribution < 1.29 is 8.78 Å². The van der Waals surface area contributed by atoms with Gasteiger partial charge in [0.05, 0.1) is 12.1 Å². The normalized spacial score (nSPS) is 19.1. The maximum absolute atomic E-state index is 13.6. The molecule has 0 radical (unpaired) electrons. The van der Waals surface area contributed by atoms with Crippen LogP contribution in [0.25, 0.3) is 0 Å². The summed E-state index contributed by atoms with van der Waals surface area (Å²) in [5.41, 5.74) is 0.391. The summed E-state index contributed by atoms with van der Waals surface area (Å²) in [5.74, 6) is -1.55. The summed E-state index contributed by atoms with van der Waals surface area (Å²) in [6.45, 7) is 5.39. The van der Waals surface area contributed by atoms with E-state index in [-0.39, 0.29) is 6.04 Å². The molecule has 1 heterocycles. The molecular formula is C14H17F2N3. The molecule has 1 aliphatic rings. The average Bonchev–Trinajstić information content (AvgIpc) is 2.44. The highest BCUT2D eigenvalue weighted by Crippen LogP contribution is 2.15. The highest BCUT2D eigenvalue weighted by atomic mass is 19.2. The monoisotopic (exact) mass is 265 g/mol. The lowest BCUT2D eigenvalue weighted by Crippen LogP contribution is -2.48. The van der Waals surface area contributed by atoms with E-state index in [1.807, 2.05) is 6.92 Å². The number of rotatable bonds is 3. The Morgan fingerprint density at radius 1 is 1.26 bits per heavy atom. The molecule has 1 aromatic carbocycles. The molecule has 0 N–H and O–H groups in total. The summed E-state index contributed by atoms with van der Waals surface area (Å²) < 4.78 is 26.7. The third kappa shape index (κ3) is 3.28. The molecule has 0 bridgehead atoms. The Kier molecular flexibility index (Phi) is 4.46. The van der Waals surface area contributed by atoms with Gasteiger partial charge in [-0.2, -0.15) is 5.26 Å². The lowest BCUT2D eigenvalue weighted by Gasteiger charge is -2.35. The Bertz CT molecular complexity index is 476. The van der Waals surface area contributed by atoms with E-state index in [1.54, 1.807) is 6.07 Å². The quantitative estimate of drug-likeness (QED) is 0.837. The van der Waals surface area contributed by atoms with Gasteiger partial charge in [-0.3, -0.25) is 9.80 Å². The summed E-state index contributed by atoms with van der Waals surface area (Å²) in [6.07, 6.45) is 0. The minimum Gasteiger partial charge on any atom is -0.296 e. The van der Waals surface area contributed by atoms with Crippen LogP contribution in [0.5, 0.6) is 0 Å². The van der Waals surface area contributed by atoms with Gasteiger partial charge in [0.2, 0.25) is 0 Å². The standard InChI is InChI=1S/C14H17F2N3/c1-11(9-17)19-7-5-18(6-8-19)10-12-3-2-4-13(15)14(12)16/h2-4,11H,5-8,10H2,1H3. The Balaban J connectivity index is 1.93. The van der Waals surface area contributed by atoms with Gasteiger partial charge in [-0.25, -0.2) is 8.78 Å². The van der Waals surface area contributed by atoms with Gasteiger partial charge >= 0.3 is 0 Å². The minimum atomic E-state index is -0.797. The van der Waals surface area contributed by atoms with Crippen molar-refractivity contribution in [2.75, 3.05) is 26.2 Å². The van der Waals surface area contributed by atoms with Crippen LogP contribution in [0.1, 0.15) is 12.5 Å². The van der Waals surface area contributed by atoms with Gasteiger partial charge in [0.1, 0.15) is 0 Å². The number of piperazine rings is 1. The van der Waals surface area contributed by atoms with Crippen LogP contribution < -0.4 is 0 Å². The van der Waals surface area contributed by atoms with Crippen molar-refractivity contribution in [1.82, 2.24) is 9.80 Å². The zero-order valence-corrected chi connectivity index (χ0v) is 10.9. The fourth-order valence-electron chi connectivity index (χ4n) is 2.30. The molecule has 102 valence electrons. The highest BCUT2D eigenvalue weighted by molar-refractivity contribution is 5.18.